The number of hydrogen-bond acceptors (Lipinski definition) is 5. The van der Waals surface area contributed by atoms with E-state index in [-0.39, 0.29) is 10.9 Å². The Morgan fingerprint density at radius 1 is 1.11 bits per heavy atom. The summed E-state index contributed by atoms with van der Waals surface area (Å²) in [6, 6.07) is 14.8. The molecule has 1 aromatic heterocycles. The molecule has 0 aliphatic rings. The maximum absolute atomic E-state index is 12.4. The van der Waals surface area contributed by atoms with Crippen LogP contribution in [0.15, 0.2) is 72.1 Å². The van der Waals surface area contributed by atoms with Crippen LogP contribution < -0.4 is 10.6 Å². The van der Waals surface area contributed by atoms with Gasteiger partial charge >= 0.3 is 6.03 Å². The third-order valence-corrected chi connectivity index (χ3v) is 5.01. The third kappa shape index (κ3) is 5.14. The van der Waals surface area contributed by atoms with Gasteiger partial charge in [-0.1, -0.05) is 30.3 Å². The smallest absolute Gasteiger partial charge is 0.319 e. The van der Waals surface area contributed by atoms with Crippen LogP contribution in [0, 0.1) is 0 Å². The van der Waals surface area contributed by atoms with Gasteiger partial charge in [0, 0.05) is 11.9 Å². The molecule has 2 N–H and O–H groups in total. The van der Waals surface area contributed by atoms with Crippen LogP contribution in [0.4, 0.5) is 10.5 Å². The fraction of sp³-hybridized carbons (Fsp3) is 0.167. The maximum Gasteiger partial charge on any atom is 0.319 e. The molecule has 3 rings (SSSR count). The molecule has 2 amide bonds. The first-order chi connectivity index (χ1) is 12.9. The van der Waals surface area contributed by atoms with Crippen LogP contribution in [-0.4, -0.2) is 35.5 Å². The number of anilines is 1. The Balaban J connectivity index is 1.70. The van der Waals surface area contributed by atoms with Crippen LogP contribution in [0.25, 0.3) is 0 Å². The van der Waals surface area contributed by atoms with Gasteiger partial charge in [0.1, 0.15) is 12.7 Å². The summed E-state index contributed by atoms with van der Waals surface area (Å²) >= 11 is 0. The van der Waals surface area contributed by atoms with Gasteiger partial charge in [-0.15, -0.1) is 0 Å². The molecule has 2 aromatic carbocycles. The number of benzene rings is 2. The second-order valence-electron chi connectivity index (χ2n) is 5.98. The lowest BCUT2D eigenvalue weighted by molar-refractivity contribution is 0.246. The van der Waals surface area contributed by atoms with Crippen LogP contribution in [0.2, 0.25) is 0 Å². The fourth-order valence-electron chi connectivity index (χ4n) is 2.54. The van der Waals surface area contributed by atoms with E-state index < -0.39 is 15.9 Å². The van der Waals surface area contributed by atoms with E-state index in [1.807, 2.05) is 30.3 Å². The highest BCUT2D eigenvalue weighted by molar-refractivity contribution is 7.90. The molecule has 1 atom stereocenters. The zero-order valence-corrected chi connectivity index (χ0v) is 15.4. The van der Waals surface area contributed by atoms with Gasteiger partial charge in [0.2, 0.25) is 0 Å². The van der Waals surface area contributed by atoms with Crippen molar-refractivity contribution in [3.63, 3.8) is 0 Å². The first kappa shape index (κ1) is 18.6. The highest BCUT2D eigenvalue weighted by atomic mass is 32.2. The second kappa shape index (κ2) is 8.00. The Morgan fingerprint density at radius 2 is 1.81 bits per heavy atom. The minimum absolute atomic E-state index is 0.196. The lowest BCUT2D eigenvalue weighted by Crippen LogP contribution is -2.35. The number of aromatic nitrogens is 3. The topological polar surface area (TPSA) is 106 Å². The van der Waals surface area contributed by atoms with Gasteiger partial charge in [-0.2, -0.15) is 5.10 Å². The molecule has 0 aliphatic heterocycles. The summed E-state index contributed by atoms with van der Waals surface area (Å²) in [6.45, 7) is 0.421. The van der Waals surface area contributed by atoms with Crippen molar-refractivity contribution in [2.45, 2.75) is 17.5 Å². The number of sulfone groups is 1. The zero-order valence-electron chi connectivity index (χ0n) is 14.6. The number of carbonyl (C=O) groups excluding carboxylic acids is 1. The minimum atomic E-state index is -3.28. The monoisotopic (exact) mass is 385 g/mol. The molecule has 3 aromatic rings. The Hall–Kier alpha value is -3.20. The first-order valence-electron chi connectivity index (χ1n) is 8.17. The zero-order chi connectivity index (χ0) is 19.3. The molecule has 9 heteroatoms. The van der Waals surface area contributed by atoms with Gasteiger partial charge in [0.15, 0.2) is 9.84 Å². The lowest BCUT2D eigenvalue weighted by Gasteiger charge is -2.19. The average molecular weight is 385 g/mol. The van der Waals surface area contributed by atoms with Gasteiger partial charge in [0.05, 0.1) is 17.5 Å². The molecule has 140 valence electrons. The summed E-state index contributed by atoms with van der Waals surface area (Å²) in [6.07, 6.45) is 4.15. The molecular formula is C18H19N5O3S. The molecule has 0 fully saturated rings. The molecule has 0 saturated carbocycles. The predicted molar refractivity (Wildman–Crippen MR) is 101 cm³/mol. The molecule has 1 heterocycles. The predicted octanol–water partition coefficient (Wildman–Crippen LogP) is 2.24. The summed E-state index contributed by atoms with van der Waals surface area (Å²) < 4.78 is 24.7. The highest BCUT2D eigenvalue weighted by Crippen LogP contribution is 2.16. The molecular weight excluding hydrogens is 366 g/mol. The Kier molecular flexibility index (Phi) is 5.51. The molecule has 1 unspecified atom stereocenters. The lowest BCUT2D eigenvalue weighted by atomic mass is 10.1. The van der Waals surface area contributed by atoms with E-state index in [4.69, 9.17) is 0 Å². The Labute approximate surface area is 157 Å². The van der Waals surface area contributed by atoms with Crippen LogP contribution in [0.5, 0.6) is 0 Å². The third-order valence-electron chi connectivity index (χ3n) is 3.88. The standard InChI is InChI=1S/C18H19N5O3S/c1-27(25,26)16-9-7-15(8-10-16)21-18(24)22-17(11-23-13-19-12-20-23)14-5-3-2-4-6-14/h2-10,12-13,17H,11H2,1H3,(H2,21,22,24). The first-order valence-corrected chi connectivity index (χ1v) is 10.1. The van der Waals surface area contributed by atoms with Crippen molar-refractivity contribution in [2.75, 3.05) is 11.6 Å². The van der Waals surface area contributed by atoms with E-state index in [1.165, 1.54) is 18.5 Å². The van der Waals surface area contributed by atoms with Crippen molar-refractivity contribution < 1.29 is 13.2 Å². The number of carbonyl (C=O) groups is 1. The largest absolute Gasteiger partial charge is 0.329 e. The molecule has 0 saturated heterocycles. The molecule has 8 nitrogen and oxygen atoms in total. The number of hydrogen-bond donors (Lipinski definition) is 2. The number of rotatable bonds is 6. The second-order valence-corrected chi connectivity index (χ2v) is 7.99. The molecule has 0 bridgehead atoms. The number of urea groups is 1. The van der Waals surface area contributed by atoms with Crippen LogP contribution in [0.1, 0.15) is 11.6 Å². The summed E-state index contributed by atoms with van der Waals surface area (Å²) in [4.78, 5) is 16.5. The quantitative estimate of drug-likeness (QED) is 0.677. The average Bonchev–Trinajstić information content (AvgIpc) is 3.15. The van der Waals surface area contributed by atoms with Crippen molar-refractivity contribution >= 4 is 21.6 Å². The normalized spacial score (nSPS) is 12.3. The van der Waals surface area contributed by atoms with E-state index in [0.29, 0.717) is 12.2 Å². The van der Waals surface area contributed by atoms with Gasteiger partial charge in [-0.05, 0) is 29.8 Å². The van der Waals surface area contributed by atoms with E-state index in [1.54, 1.807) is 23.1 Å². The van der Waals surface area contributed by atoms with E-state index in [0.717, 1.165) is 11.8 Å². The highest BCUT2D eigenvalue weighted by Gasteiger charge is 2.16. The minimum Gasteiger partial charge on any atom is -0.329 e. The molecule has 27 heavy (non-hydrogen) atoms. The maximum atomic E-state index is 12.4. The van der Waals surface area contributed by atoms with Gasteiger partial charge < -0.3 is 10.6 Å². The Bertz CT molecular complexity index is 987. The summed E-state index contributed by atoms with van der Waals surface area (Å²) in [7, 11) is -3.28. The summed E-state index contributed by atoms with van der Waals surface area (Å²) in [5.74, 6) is 0. The van der Waals surface area contributed by atoms with Gasteiger partial charge in [-0.3, -0.25) is 4.68 Å². The number of nitrogens with zero attached hydrogens (tertiary/aromatic N) is 3. The van der Waals surface area contributed by atoms with Gasteiger partial charge in [-0.25, -0.2) is 18.2 Å². The van der Waals surface area contributed by atoms with Crippen LogP contribution in [0.3, 0.4) is 0 Å². The van der Waals surface area contributed by atoms with Crippen molar-refractivity contribution in [1.29, 1.82) is 0 Å². The van der Waals surface area contributed by atoms with E-state index in [9.17, 15) is 13.2 Å². The SMILES string of the molecule is CS(=O)(=O)c1ccc(NC(=O)NC(Cn2cncn2)c2ccccc2)cc1. The summed E-state index contributed by atoms with van der Waals surface area (Å²) in [5.41, 5.74) is 1.42. The van der Waals surface area contributed by atoms with E-state index >= 15 is 0 Å². The van der Waals surface area contributed by atoms with Crippen molar-refractivity contribution in [2.24, 2.45) is 0 Å². The summed E-state index contributed by atoms with van der Waals surface area (Å²) in [5, 5.41) is 9.70. The van der Waals surface area contributed by atoms with Crippen molar-refractivity contribution in [3.8, 4) is 0 Å². The molecule has 0 spiro atoms. The van der Waals surface area contributed by atoms with Crippen LogP contribution >= 0.6 is 0 Å². The molecule has 0 radical (unpaired) electrons. The fourth-order valence-corrected chi connectivity index (χ4v) is 3.18. The van der Waals surface area contributed by atoms with Crippen molar-refractivity contribution in [3.05, 3.63) is 72.8 Å². The van der Waals surface area contributed by atoms with Crippen molar-refractivity contribution in [1.82, 2.24) is 20.1 Å². The van der Waals surface area contributed by atoms with E-state index in [2.05, 4.69) is 20.7 Å². The van der Waals surface area contributed by atoms with Crippen LogP contribution in [-0.2, 0) is 16.4 Å². The number of nitrogens with one attached hydrogen (secondary N) is 2. The molecule has 0 aliphatic carbocycles. The number of amides is 2. The Morgan fingerprint density at radius 3 is 2.41 bits per heavy atom. The van der Waals surface area contributed by atoms with Gasteiger partial charge in [0.25, 0.3) is 0 Å².